The number of aromatic nitrogens is 1. The number of non-ortho nitro benzene ring substituents is 1. The molecule has 0 spiro atoms. The van der Waals surface area contributed by atoms with E-state index < -0.39 is 28.8 Å². The molecule has 2 aromatic carbocycles. The lowest BCUT2D eigenvalue weighted by molar-refractivity contribution is -0.384. The third kappa shape index (κ3) is 10.9. The molecule has 3 aromatic rings. The van der Waals surface area contributed by atoms with Crippen LogP contribution in [0.4, 0.5) is 5.69 Å². The van der Waals surface area contributed by atoms with Crippen LogP contribution in [0.15, 0.2) is 48.5 Å². The molecule has 15 heteroatoms. The van der Waals surface area contributed by atoms with Crippen molar-refractivity contribution in [3.8, 4) is 22.6 Å². The van der Waals surface area contributed by atoms with E-state index in [0.717, 1.165) is 37.7 Å². The summed E-state index contributed by atoms with van der Waals surface area (Å²) in [6.07, 6.45) is 2.28. The summed E-state index contributed by atoms with van der Waals surface area (Å²) in [4.78, 5) is 57.3. The second-order valence-electron chi connectivity index (χ2n) is 9.39. The zero-order valence-electron chi connectivity index (χ0n) is 24.5. The summed E-state index contributed by atoms with van der Waals surface area (Å²) in [5.74, 6) is -5.44. The average Bonchev–Trinajstić information content (AvgIpc) is 2.98. The van der Waals surface area contributed by atoms with E-state index in [1.807, 2.05) is 30.3 Å². The number of hydrogen-bond acceptors (Lipinski definition) is 10. The van der Waals surface area contributed by atoms with Gasteiger partial charge in [-0.05, 0) is 64.4 Å². The van der Waals surface area contributed by atoms with Gasteiger partial charge in [-0.15, -0.1) is 0 Å². The largest absolute Gasteiger partial charge is 0.494 e. The van der Waals surface area contributed by atoms with Gasteiger partial charge in [0, 0.05) is 23.3 Å². The SMILES string of the molecule is Cc1nc(C)c(C(=O)O)c(-c2cc([N+](=O)[O-])ccc2OCCCCNCCCOc2ccccc2)c1C(=O)O.O=C(O)C(=O)O. The van der Waals surface area contributed by atoms with E-state index in [4.69, 9.17) is 29.3 Å². The molecule has 3 rings (SSSR count). The maximum atomic E-state index is 12.1. The van der Waals surface area contributed by atoms with E-state index in [2.05, 4.69) is 10.3 Å². The molecule has 240 valence electrons. The van der Waals surface area contributed by atoms with Crippen molar-refractivity contribution in [2.24, 2.45) is 0 Å². The summed E-state index contributed by atoms with van der Waals surface area (Å²) >= 11 is 0. The topological polar surface area (TPSA) is 236 Å². The Bertz CT molecular complexity index is 1480. The van der Waals surface area contributed by atoms with Gasteiger partial charge in [0.05, 0.1) is 40.7 Å². The lowest BCUT2D eigenvalue weighted by atomic mass is 9.91. The van der Waals surface area contributed by atoms with Crippen LogP contribution in [0.1, 0.15) is 51.4 Å². The van der Waals surface area contributed by atoms with E-state index in [1.54, 1.807) is 0 Å². The smallest absolute Gasteiger partial charge is 0.414 e. The van der Waals surface area contributed by atoms with Crippen LogP contribution in [0.25, 0.3) is 11.1 Å². The van der Waals surface area contributed by atoms with Crippen molar-refractivity contribution < 1.29 is 54.0 Å². The molecule has 15 nitrogen and oxygen atoms in total. The van der Waals surface area contributed by atoms with E-state index in [0.29, 0.717) is 13.0 Å². The number of nitrogens with zero attached hydrogens (tertiary/aromatic N) is 2. The third-order valence-electron chi connectivity index (χ3n) is 6.13. The van der Waals surface area contributed by atoms with Crippen LogP contribution in [0, 0.1) is 24.0 Å². The fourth-order valence-corrected chi connectivity index (χ4v) is 4.16. The van der Waals surface area contributed by atoms with Gasteiger partial charge < -0.3 is 35.2 Å². The molecule has 0 unspecified atom stereocenters. The molecule has 0 fully saturated rings. The molecule has 5 N–H and O–H groups in total. The highest BCUT2D eigenvalue weighted by Gasteiger charge is 2.29. The molecule has 0 radical (unpaired) electrons. The first kappa shape index (κ1) is 35.6. The number of nitro benzene ring substituents is 1. The molecule has 0 aliphatic rings. The standard InChI is InChI=1S/C28H31N3O8.C2H2O4/c1-18-24(27(32)33)26(25(28(34)35)19(2)30-18)22-17-20(31(36)37)11-12-23(22)39-15-7-6-13-29-14-8-16-38-21-9-4-3-5-10-21;3-1(4)2(5)6/h3-5,9-12,17,29H,6-8,13-16H2,1-2H3,(H,32,33)(H,34,35);(H,3,4)(H,5,6). The number of nitro groups is 1. The average molecular weight is 628 g/mol. The number of aryl methyl sites for hydroxylation is 2. The number of carboxylic acids is 4. The van der Waals surface area contributed by atoms with E-state index in [-0.39, 0.29) is 51.7 Å². The zero-order valence-corrected chi connectivity index (χ0v) is 24.5. The molecule has 0 atom stereocenters. The quantitative estimate of drug-likeness (QED) is 0.0692. The van der Waals surface area contributed by atoms with Gasteiger partial charge in [-0.2, -0.15) is 0 Å². The Labute approximate surface area is 257 Å². The van der Waals surface area contributed by atoms with Crippen molar-refractivity contribution in [1.82, 2.24) is 10.3 Å². The van der Waals surface area contributed by atoms with E-state index in [1.165, 1.54) is 26.0 Å². The fourth-order valence-electron chi connectivity index (χ4n) is 4.16. The molecule has 0 saturated carbocycles. The van der Waals surface area contributed by atoms with Gasteiger partial charge in [0.25, 0.3) is 5.69 Å². The number of rotatable bonds is 15. The second-order valence-corrected chi connectivity index (χ2v) is 9.39. The zero-order chi connectivity index (χ0) is 33.5. The lowest BCUT2D eigenvalue weighted by Crippen LogP contribution is -2.19. The Kier molecular flexibility index (Phi) is 13.9. The Hall–Kier alpha value is -5.57. The molecule has 0 aliphatic carbocycles. The highest BCUT2D eigenvalue weighted by atomic mass is 16.6. The van der Waals surface area contributed by atoms with Crippen molar-refractivity contribution >= 4 is 29.6 Å². The monoisotopic (exact) mass is 627 g/mol. The first-order valence-electron chi connectivity index (χ1n) is 13.6. The summed E-state index contributed by atoms with van der Waals surface area (Å²) in [5, 5.41) is 49.3. The Morgan fingerprint density at radius 1 is 0.800 bits per heavy atom. The number of benzene rings is 2. The molecule has 0 aliphatic heterocycles. The van der Waals surface area contributed by atoms with Crippen LogP contribution in [0.3, 0.4) is 0 Å². The Morgan fingerprint density at radius 3 is 1.89 bits per heavy atom. The first-order chi connectivity index (χ1) is 21.3. The Balaban J connectivity index is 0.00000107. The number of carboxylic acid groups (broad SMARTS) is 4. The van der Waals surface area contributed by atoms with Crippen molar-refractivity contribution in [2.75, 3.05) is 26.3 Å². The molecular formula is C30H33N3O12. The van der Waals surface area contributed by atoms with Crippen LogP contribution in [-0.2, 0) is 9.59 Å². The second kappa shape index (κ2) is 17.5. The van der Waals surface area contributed by atoms with Crippen molar-refractivity contribution in [1.29, 1.82) is 0 Å². The molecular weight excluding hydrogens is 594 g/mol. The van der Waals surface area contributed by atoms with Crippen molar-refractivity contribution in [3.05, 3.63) is 81.2 Å². The summed E-state index contributed by atoms with van der Waals surface area (Å²) < 4.78 is 11.5. The minimum absolute atomic E-state index is 0.0177. The Morgan fingerprint density at radius 2 is 1.36 bits per heavy atom. The maximum Gasteiger partial charge on any atom is 0.414 e. The molecule has 1 aromatic heterocycles. The van der Waals surface area contributed by atoms with Gasteiger partial charge >= 0.3 is 23.9 Å². The van der Waals surface area contributed by atoms with Gasteiger partial charge in [0.1, 0.15) is 11.5 Å². The number of unbranched alkanes of at least 4 members (excludes halogenated alkanes) is 1. The van der Waals surface area contributed by atoms with Crippen LogP contribution in [0.5, 0.6) is 11.5 Å². The number of hydrogen-bond donors (Lipinski definition) is 5. The van der Waals surface area contributed by atoms with Gasteiger partial charge in [-0.25, -0.2) is 19.2 Å². The summed E-state index contributed by atoms with van der Waals surface area (Å²) in [6.45, 7) is 5.29. The lowest BCUT2D eigenvalue weighted by Gasteiger charge is -2.18. The molecule has 0 bridgehead atoms. The van der Waals surface area contributed by atoms with Crippen LogP contribution < -0.4 is 14.8 Å². The van der Waals surface area contributed by atoms with Crippen LogP contribution in [0.2, 0.25) is 0 Å². The molecule has 0 saturated heterocycles. The predicted octanol–water partition coefficient (Wildman–Crippen LogP) is 4.04. The van der Waals surface area contributed by atoms with Crippen LogP contribution in [-0.4, -0.2) is 80.5 Å². The normalized spacial score (nSPS) is 10.3. The van der Waals surface area contributed by atoms with Crippen LogP contribution >= 0.6 is 0 Å². The summed E-state index contributed by atoms with van der Waals surface area (Å²) in [5.41, 5.74) is -0.970. The number of aromatic carboxylic acids is 2. The molecule has 1 heterocycles. The third-order valence-corrected chi connectivity index (χ3v) is 6.13. The highest BCUT2D eigenvalue weighted by molar-refractivity contribution is 6.27. The number of aliphatic carboxylic acids is 2. The number of ether oxygens (including phenoxy) is 2. The van der Waals surface area contributed by atoms with Crippen molar-refractivity contribution in [3.63, 3.8) is 0 Å². The van der Waals surface area contributed by atoms with Gasteiger partial charge in [-0.3, -0.25) is 15.1 Å². The highest BCUT2D eigenvalue weighted by Crippen LogP contribution is 2.39. The minimum Gasteiger partial charge on any atom is -0.494 e. The van der Waals surface area contributed by atoms with Gasteiger partial charge in [-0.1, -0.05) is 18.2 Å². The van der Waals surface area contributed by atoms with Gasteiger partial charge in [0.15, 0.2) is 0 Å². The van der Waals surface area contributed by atoms with E-state index in [9.17, 15) is 29.9 Å². The van der Waals surface area contributed by atoms with Gasteiger partial charge in [0.2, 0.25) is 0 Å². The number of pyridine rings is 1. The maximum absolute atomic E-state index is 12.1. The van der Waals surface area contributed by atoms with E-state index >= 15 is 0 Å². The summed E-state index contributed by atoms with van der Waals surface area (Å²) in [7, 11) is 0. The predicted molar refractivity (Wildman–Crippen MR) is 159 cm³/mol. The number of para-hydroxylation sites is 1. The number of carbonyl (C=O) groups is 4. The summed E-state index contributed by atoms with van der Waals surface area (Å²) in [6, 6.07) is 13.3. The minimum atomic E-state index is -1.82. The number of nitrogens with one attached hydrogen (secondary N) is 1. The molecule has 0 amide bonds. The molecule has 45 heavy (non-hydrogen) atoms. The first-order valence-corrected chi connectivity index (χ1v) is 13.6. The fraction of sp³-hybridized carbons (Fsp3) is 0.300. The van der Waals surface area contributed by atoms with Crippen molar-refractivity contribution in [2.45, 2.75) is 33.1 Å².